The molecule has 4 rings (SSSR count). The summed E-state index contributed by atoms with van der Waals surface area (Å²) in [5.41, 5.74) is 0. The average Bonchev–Trinajstić information content (AvgIpc) is 3.40. The zero-order valence-electron chi connectivity index (χ0n) is 18.8. The molecule has 2 aromatic rings. The van der Waals surface area contributed by atoms with Crippen molar-refractivity contribution in [2.75, 3.05) is 44.1 Å². The molecule has 0 spiro atoms. The molecule has 1 saturated carbocycles. The van der Waals surface area contributed by atoms with Crippen LogP contribution in [-0.2, 0) is 21.0 Å². The van der Waals surface area contributed by atoms with Crippen LogP contribution in [0.15, 0.2) is 27.7 Å². The highest BCUT2D eigenvalue weighted by atomic mass is 32.2. The predicted octanol–water partition coefficient (Wildman–Crippen LogP) is 2.77. The van der Waals surface area contributed by atoms with Gasteiger partial charge in [0, 0.05) is 38.2 Å². The third-order valence-corrected chi connectivity index (χ3v) is 7.50. The van der Waals surface area contributed by atoms with Crippen molar-refractivity contribution in [1.82, 2.24) is 15.1 Å². The molecule has 2 fully saturated rings. The van der Waals surface area contributed by atoms with Crippen molar-refractivity contribution >= 4 is 15.8 Å². The van der Waals surface area contributed by atoms with Crippen molar-refractivity contribution in [3.05, 3.63) is 24.2 Å². The molecule has 1 saturated heterocycles. The summed E-state index contributed by atoms with van der Waals surface area (Å²) in [5.74, 6) is 4.03. The summed E-state index contributed by atoms with van der Waals surface area (Å²) in [6.45, 7) is 5.81. The van der Waals surface area contributed by atoms with Crippen molar-refractivity contribution in [3.63, 3.8) is 0 Å². The van der Waals surface area contributed by atoms with E-state index in [9.17, 15) is 8.42 Å². The van der Waals surface area contributed by atoms with Gasteiger partial charge in [0.2, 0.25) is 11.8 Å². The van der Waals surface area contributed by atoms with E-state index in [1.54, 1.807) is 6.07 Å². The third kappa shape index (κ3) is 5.98. The third-order valence-electron chi connectivity index (χ3n) is 6.40. The van der Waals surface area contributed by atoms with Gasteiger partial charge in [0.05, 0.1) is 24.5 Å². The molecule has 0 aromatic carbocycles. The molecule has 10 heteroatoms. The average molecular weight is 465 g/mol. The standard InChI is InChI=1S/C22H32N4O5S/c1-3-29-12-9-21-24-22(25-31-21)26-10-6-16(7-11-26)19-14-17(19)8-13-30-20-5-4-18(15-23-20)32(2,27)28/h4-5,15-17,19H,3,6-14H2,1-2H3/t17-,19-/m1/s1. The molecular formula is C22H32N4O5S. The second-order valence-electron chi connectivity index (χ2n) is 8.66. The van der Waals surface area contributed by atoms with E-state index in [2.05, 4.69) is 20.0 Å². The highest BCUT2D eigenvalue weighted by Crippen LogP contribution is 2.49. The van der Waals surface area contributed by atoms with Crippen LogP contribution in [0.3, 0.4) is 0 Å². The fourth-order valence-electron chi connectivity index (χ4n) is 4.47. The maximum absolute atomic E-state index is 11.5. The minimum absolute atomic E-state index is 0.209. The van der Waals surface area contributed by atoms with Crippen molar-refractivity contribution in [2.24, 2.45) is 17.8 Å². The van der Waals surface area contributed by atoms with Gasteiger partial charge in [-0.25, -0.2) is 13.4 Å². The van der Waals surface area contributed by atoms with Gasteiger partial charge in [0.1, 0.15) is 0 Å². The number of hydrogen-bond donors (Lipinski definition) is 0. The van der Waals surface area contributed by atoms with E-state index in [0.717, 1.165) is 44.2 Å². The van der Waals surface area contributed by atoms with Crippen LogP contribution >= 0.6 is 0 Å². The first-order chi connectivity index (χ1) is 15.4. The number of anilines is 1. The molecule has 32 heavy (non-hydrogen) atoms. The molecule has 3 heterocycles. The molecule has 0 N–H and O–H groups in total. The minimum atomic E-state index is -3.23. The first kappa shape index (κ1) is 23.0. The van der Waals surface area contributed by atoms with Gasteiger partial charge in [-0.2, -0.15) is 4.98 Å². The Bertz CT molecular complexity index is 970. The van der Waals surface area contributed by atoms with Crippen LogP contribution in [0.2, 0.25) is 0 Å². The summed E-state index contributed by atoms with van der Waals surface area (Å²) in [6.07, 6.45) is 7.75. The Morgan fingerprint density at radius 1 is 1.22 bits per heavy atom. The Kier molecular flexibility index (Phi) is 7.30. The van der Waals surface area contributed by atoms with E-state index in [1.165, 1.54) is 24.9 Å². The van der Waals surface area contributed by atoms with E-state index in [1.807, 2.05) is 6.92 Å². The summed E-state index contributed by atoms with van der Waals surface area (Å²) in [6, 6.07) is 3.16. The van der Waals surface area contributed by atoms with E-state index in [4.69, 9.17) is 14.0 Å². The monoisotopic (exact) mass is 464 g/mol. The highest BCUT2D eigenvalue weighted by Gasteiger charge is 2.43. The SMILES string of the molecule is CCOCCc1nc(N2CCC([C@H]3C[C@H]3CCOc3ccc(S(C)(=O)=O)cn3)CC2)no1. The van der Waals surface area contributed by atoms with Crippen LogP contribution in [0.5, 0.6) is 5.88 Å². The Labute approximate surface area is 189 Å². The number of nitrogens with zero attached hydrogens (tertiary/aromatic N) is 4. The Hall–Kier alpha value is -2.20. The van der Waals surface area contributed by atoms with Crippen LogP contribution in [0.1, 0.15) is 38.5 Å². The second-order valence-corrected chi connectivity index (χ2v) is 10.7. The number of hydrogen-bond acceptors (Lipinski definition) is 9. The van der Waals surface area contributed by atoms with Gasteiger partial charge in [0.15, 0.2) is 9.84 Å². The molecule has 0 unspecified atom stereocenters. The lowest BCUT2D eigenvalue weighted by Crippen LogP contribution is -2.35. The molecule has 1 aliphatic carbocycles. The number of piperidine rings is 1. The summed E-state index contributed by atoms with van der Waals surface area (Å²) < 4.78 is 39.4. The van der Waals surface area contributed by atoms with Crippen molar-refractivity contribution in [2.45, 2.75) is 43.9 Å². The smallest absolute Gasteiger partial charge is 0.266 e. The number of rotatable bonds is 11. The van der Waals surface area contributed by atoms with Gasteiger partial charge in [-0.05, 0) is 61.6 Å². The first-order valence-corrected chi connectivity index (χ1v) is 13.3. The lowest BCUT2D eigenvalue weighted by atomic mass is 9.90. The predicted molar refractivity (Wildman–Crippen MR) is 118 cm³/mol. The van der Waals surface area contributed by atoms with E-state index >= 15 is 0 Å². The largest absolute Gasteiger partial charge is 0.478 e. The van der Waals surface area contributed by atoms with Gasteiger partial charge in [-0.15, -0.1) is 0 Å². The number of sulfone groups is 1. The van der Waals surface area contributed by atoms with Gasteiger partial charge >= 0.3 is 0 Å². The topological polar surface area (TPSA) is 108 Å². The van der Waals surface area contributed by atoms with Crippen molar-refractivity contribution in [3.8, 4) is 5.88 Å². The highest BCUT2D eigenvalue weighted by molar-refractivity contribution is 7.90. The summed E-state index contributed by atoms with van der Waals surface area (Å²) in [5, 5.41) is 4.14. The molecule has 2 aliphatic rings. The summed E-state index contributed by atoms with van der Waals surface area (Å²) >= 11 is 0. The fourth-order valence-corrected chi connectivity index (χ4v) is 5.03. The van der Waals surface area contributed by atoms with Crippen molar-refractivity contribution in [1.29, 1.82) is 0 Å². The molecule has 176 valence electrons. The maximum atomic E-state index is 11.5. The lowest BCUT2D eigenvalue weighted by Gasteiger charge is -2.31. The van der Waals surface area contributed by atoms with E-state index < -0.39 is 9.84 Å². The fraction of sp³-hybridized carbons (Fsp3) is 0.682. The normalized spacial score (nSPS) is 21.6. The van der Waals surface area contributed by atoms with Crippen LogP contribution in [0.4, 0.5) is 5.95 Å². The van der Waals surface area contributed by atoms with Gasteiger partial charge < -0.3 is 18.9 Å². The molecule has 2 atom stereocenters. The molecule has 9 nitrogen and oxygen atoms in total. The van der Waals surface area contributed by atoms with Crippen LogP contribution in [0, 0.1) is 17.8 Å². The summed E-state index contributed by atoms with van der Waals surface area (Å²) in [7, 11) is -3.23. The molecule has 1 aliphatic heterocycles. The Morgan fingerprint density at radius 2 is 2.03 bits per heavy atom. The van der Waals surface area contributed by atoms with E-state index in [-0.39, 0.29) is 4.90 Å². The zero-order chi connectivity index (χ0) is 22.6. The zero-order valence-corrected chi connectivity index (χ0v) is 19.6. The Morgan fingerprint density at radius 3 is 2.72 bits per heavy atom. The van der Waals surface area contributed by atoms with Crippen LogP contribution in [-0.4, -0.2) is 62.7 Å². The summed E-state index contributed by atoms with van der Waals surface area (Å²) in [4.78, 5) is 11.0. The quantitative estimate of drug-likeness (QED) is 0.464. The molecule has 2 aromatic heterocycles. The van der Waals surface area contributed by atoms with Gasteiger partial charge in [-0.3, -0.25) is 0 Å². The van der Waals surface area contributed by atoms with Crippen molar-refractivity contribution < 1.29 is 22.4 Å². The minimum Gasteiger partial charge on any atom is -0.478 e. The van der Waals surface area contributed by atoms with Gasteiger partial charge in [-0.1, -0.05) is 0 Å². The molecular weight excluding hydrogens is 432 g/mol. The lowest BCUT2D eigenvalue weighted by molar-refractivity contribution is 0.144. The van der Waals surface area contributed by atoms with Crippen LogP contribution in [0.25, 0.3) is 0 Å². The van der Waals surface area contributed by atoms with Gasteiger partial charge in [0.25, 0.3) is 5.95 Å². The van der Waals surface area contributed by atoms with E-state index in [0.29, 0.717) is 49.9 Å². The number of ether oxygens (including phenoxy) is 2. The molecule has 0 radical (unpaired) electrons. The second kappa shape index (κ2) is 10.2. The maximum Gasteiger partial charge on any atom is 0.266 e. The molecule has 0 amide bonds. The Balaban J connectivity index is 1.15. The first-order valence-electron chi connectivity index (χ1n) is 11.4. The number of pyridine rings is 1. The number of aromatic nitrogens is 3. The van der Waals surface area contributed by atoms with Crippen LogP contribution < -0.4 is 9.64 Å². The molecule has 0 bridgehead atoms.